The van der Waals surface area contributed by atoms with Gasteiger partial charge in [-0.05, 0) is 46.9 Å². The van der Waals surface area contributed by atoms with Crippen molar-refractivity contribution in [1.82, 2.24) is 10.2 Å². The van der Waals surface area contributed by atoms with Crippen LogP contribution in [-0.4, -0.2) is 34.2 Å². The van der Waals surface area contributed by atoms with Gasteiger partial charge in [0.2, 0.25) is 5.91 Å². The number of hydrogen-bond donors (Lipinski definition) is 2. The van der Waals surface area contributed by atoms with Gasteiger partial charge in [0.05, 0.1) is 12.3 Å². The molecule has 0 spiro atoms. The maximum absolute atomic E-state index is 13.7. The van der Waals surface area contributed by atoms with Crippen molar-refractivity contribution < 1.29 is 14.3 Å². The lowest BCUT2D eigenvalue weighted by Crippen LogP contribution is -2.50. The van der Waals surface area contributed by atoms with Crippen LogP contribution >= 0.6 is 0 Å². The van der Waals surface area contributed by atoms with Crippen LogP contribution in [0.5, 0.6) is 0 Å². The zero-order valence-corrected chi connectivity index (χ0v) is 19.2. The Kier molecular flexibility index (Phi) is 7.17. The molecule has 1 fully saturated rings. The molecular formula is C26H35FN2O2. The number of carbonyl (C=O) groups excluding carboxylic acids is 1. The summed E-state index contributed by atoms with van der Waals surface area (Å²) in [6.45, 7) is 10.7. The standard InChI is InChI=1S/C26H35FN2O2/c1-17(2)24-28-22(25(31)29(24)16-19-12-9-13-20(27)14-19)23(30)21(26(3,4)5)15-18-10-7-6-8-11-18/h6-14,17,21-24,28,30H,15-16H2,1-5H3/t21?,22-,23+,24?/m0/s1. The second-order valence-electron chi connectivity index (χ2n) is 10.1. The van der Waals surface area contributed by atoms with Crippen LogP contribution in [0.15, 0.2) is 54.6 Å². The van der Waals surface area contributed by atoms with Crippen LogP contribution < -0.4 is 5.32 Å². The first-order valence-corrected chi connectivity index (χ1v) is 11.1. The molecular weight excluding hydrogens is 391 g/mol. The van der Waals surface area contributed by atoms with Crippen LogP contribution in [0, 0.1) is 23.1 Å². The van der Waals surface area contributed by atoms with Gasteiger partial charge in [-0.15, -0.1) is 0 Å². The Hall–Kier alpha value is -2.24. The summed E-state index contributed by atoms with van der Waals surface area (Å²) < 4.78 is 13.7. The van der Waals surface area contributed by atoms with Crippen LogP contribution in [-0.2, 0) is 17.8 Å². The Labute approximate surface area is 185 Å². The highest BCUT2D eigenvalue weighted by Crippen LogP contribution is 2.35. The zero-order chi connectivity index (χ0) is 22.8. The average molecular weight is 427 g/mol. The molecule has 0 bridgehead atoms. The van der Waals surface area contributed by atoms with Crippen molar-refractivity contribution in [2.24, 2.45) is 17.3 Å². The van der Waals surface area contributed by atoms with Crippen molar-refractivity contribution in [3.8, 4) is 0 Å². The monoisotopic (exact) mass is 426 g/mol. The van der Waals surface area contributed by atoms with E-state index in [2.05, 4.69) is 38.2 Å². The van der Waals surface area contributed by atoms with Crippen molar-refractivity contribution in [3.05, 3.63) is 71.5 Å². The highest BCUT2D eigenvalue weighted by atomic mass is 19.1. The molecule has 4 atom stereocenters. The Morgan fingerprint density at radius 3 is 2.29 bits per heavy atom. The van der Waals surface area contributed by atoms with Crippen molar-refractivity contribution in [1.29, 1.82) is 0 Å². The molecule has 1 aliphatic heterocycles. The maximum atomic E-state index is 13.7. The highest BCUT2D eigenvalue weighted by molar-refractivity contribution is 5.85. The van der Waals surface area contributed by atoms with Crippen LogP contribution in [0.25, 0.3) is 0 Å². The molecule has 5 heteroatoms. The Balaban J connectivity index is 1.84. The number of benzene rings is 2. The van der Waals surface area contributed by atoms with E-state index in [4.69, 9.17) is 0 Å². The Morgan fingerprint density at radius 1 is 1.06 bits per heavy atom. The van der Waals surface area contributed by atoms with Crippen LogP contribution in [0.2, 0.25) is 0 Å². The van der Waals surface area contributed by atoms with Crippen LogP contribution in [0.4, 0.5) is 4.39 Å². The molecule has 1 saturated heterocycles. The van der Waals surface area contributed by atoms with E-state index in [1.165, 1.54) is 12.1 Å². The summed E-state index contributed by atoms with van der Waals surface area (Å²) in [6.07, 6.45) is -0.369. The first-order valence-electron chi connectivity index (χ1n) is 11.1. The lowest BCUT2D eigenvalue weighted by atomic mass is 9.72. The number of halogens is 1. The van der Waals surface area contributed by atoms with E-state index >= 15 is 0 Å². The van der Waals surface area contributed by atoms with Gasteiger partial charge in [-0.25, -0.2) is 4.39 Å². The topological polar surface area (TPSA) is 52.6 Å². The van der Waals surface area contributed by atoms with Gasteiger partial charge in [0.25, 0.3) is 0 Å². The second-order valence-corrected chi connectivity index (χ2v) is 10.1. The van der Waals surface area contributed by atoms with E-state index in [1.54, 1.807) is 11.0 Å². The van der Waals surface area contributed by atoms with E-state index in [-0.39, 0.29) is 35.1 Å². The second kappa shape index (κ2) is 9.49. The first kappa shape index (κ1) is 23.4. The van der Waals surface area contributed by atoms with Crippen molar-refractivity contribution in [3.63, 3.8) is 0 Å². The SMILES string of the molecule is CC(C)C1N[C@@H]([C@H](O)C(Cc2ccccc2)C(C)(C)C)C(=O)N1Cc1cccc(F)c1. The number of aliphatic hydroxyl groups is 1. The summed E-state index contributed by atoms with van der Waals surface area (Å²) >= 11 is 0. The van der Waals surface area contributed by atoms with Crippen molar-refractivity contribution >= 4 is 5.91 Å². The fourth-order valence-electron chi connectivity index (χ4n) is 4.51. The van der Waals surface area contributed by atoms with Gasteiger partial charge in [-0.1, -0.05) is 77.1 Å². The fourth-order valence-corrected chi connectivity index (χ4v) is 4.51. The number of nitrogens with one attached hydrogen (secondary N) is 1. The lowest BCUT2D eigenvalue weighted by molar-refractivity contribution is -0.134. The molecule has 31 heavy (non-hydrogen) atoms. The molecule has 4 nitrogen and oxygen atoms in total. The predicted molar refractivity (Wildman–Crippen MR) is 122 cm³/mol. The third-order valence-corrected chi connectivity index (χ3v) is 6.27. The van der Waals surface area contributed by atoms with E-state index in [1.807, 2.05) is 38.1 Å². The molecule has 168 valence electrons. The molecule has 0 aliphatic carbocycles. The van der Waals surface area contributed by atoms with E-state index in [0.29, 0.717) is 13.0 Å². The normalized spacial score (nSPS) is 21.5. The largest absolute Gasteiger partial charge is 0.391 e. The minimum absolute atomic E-state index is 0.113. The first-order chi connectivity index (χ1) is 14.6. The predicted octanol–water partition coefficient (Wildman–Crippen LogP) is 4.37. The zero-order valence-electron chi connectivity index (χ0n) is 19.2. The van der Waals surface area contributed by atoms with Gasteiger partial charge < -0.3 is 10.0 Å². The molecule has 1 aliphatic rings. The van der Waals surface area contributed by atoms with E-state index in [9.17, 15) is 14.3 Å². The third kappa shape index (κ3) is 5.52. The van der Waals surface area contributed by atoms with Gasteiger partial charge >= 0.3 is 0 Å². The summed E-state index contributed by atoms with van der Waals surface area (Å²) in [5.74, 6) is -0.404. The minimum Gasteiger partial charge on any atom is -0.391 e. The number of carbonyl (C=O) groups is 1. The summed E-state index contributed by atoms with van der Waals surface area (Å²) in [7, 11) is 0. The summed E-state index contributed by atoms with van der Waals surface area (Å²) in [5, 5.41) is 14.8. The van der Waals surface area contributed by atoms with Gasteiger partial charge in [0, 0.05) is 6.54 Å². The third-order valence-electron chi connectivity index (χ3n) is 6.27. The average Bonchev–Trinajstić information content (AvgIpc) is 3.02. The van der Waals surface area contributed by atoms with Gasteiger partial charge in [-0.3, -0.25) is 10.1 Å². The fraction of sp³-hybridized carbons (Fsp3) is 0.500. The van der Waals surface area contributed by atoms with E-state index < -0.39 is 12.1 Å². The molecule has 3 rings (SSSR count). The highest BCUT2D eigenvalue weighted by Gasteiger charge is 2.47. The van der Waals surface area contributed by atoms with Crippen LogP contribution in [0.1, 0.15) is 45.7 Å². The Morgan fingerprint density at radius 2 is 1.71 bits per heavy atom. The summed E-state index contributed by atoms with van der Waals surface area (Å²) in [5.41, 5.74) is 1.69. The molecule has 2 N–H and O–H groups in total. The minimum atomic E-state index is -0.841. The molecule has 0 radical (unpaired) electrons. The van der Waals surface area contributed by atoms with Crippen molar-refractivity contribution in [2.75, 3.05) is 0 Å². The smallest absolute Gasteiger partial charge is 0.244 e. The maximum Gasteiger partial charge on any atom is 0.244 e. The van der Waals surface area contributed by atoms with Gasteiger partial charge in [-0.2, -0.15) is 0 Å². The Bertz CT molecular complexity index is 878. The van der Waals surface area contributed by atoms with Crippen molar-refractivity contribution in [2.45, 2.75) is 65.9 Å². The number of aliphatic hydroxyl groups excluding tert-OH is 1. The number of hydrogen-bond acceptors (Lipinski definition) is 3. The van der Waals surface area contributed by atoms with E-state index in [0.717, 1.165) is 11.1 Å². The summed E-state index contributed by atoms with van der Waals surface area (Å²) in [6, 6.07) is 15.7. The summed E-state index contributed by atoms with van der Waals surface area (Å²) in [4.78, 5) is 15.2. The number of nitrogens with zero attached hydrogens (tertiary/aromatic N) is 1. The molecule has 0 aromatic heterocycles. The molecule has 2 aromatic rings. The number of amides is 1. The molecule has 2 unspecified atom stereocenters. The van der Waals surface area contributed by atoms with Gasteiger partial charge in [0.15, 0.2) is 0 Å². The van der Waals surface area contributed by atoms with Gasteiger partial charge in [0.1, 0.15) is 11.9 Å². The van der Waals surface area contributed by atoms with Crippen LogP contribution in [0.3, 0.4) is 0 Å². The lowest BCUT2D eigenvalue weighted by Gasteiger charge is -2.37. The molecule has 2 aromatic carbocycles. The molecule has 1 heterocycles. The quantitative estimate of drug-likeness (QED) is 0.691. The molecule has 1 amide bonds. The molecule has 0 saturated carbocycles. The number of rotatable bonds is 7.